The molecule has 1 amide bonds. The van der Waals surface area contributed by atoms with E-state index in [0.29, 0.717) is 23.0 Å². The number of anilines is 1. The average Bonchev–Trinajstić information content (AvgIpc) is 3.07. The highest BCUT2D eigenvalue weighted by Gasteiger charge is 2.27. The summed E-state index contributed by atoms with van der Waals surface area (Å²) in [6, 6.07) is 13.9. The Hall–Kier alpha value is -2.38. The van der Waals surface area contributed by atoms with E-state index in [1.54, 1.807) is 0 Å². The van der Waals surface area contributed by atoms with Gasteiger partial charge in [-0.3, -0.25) is 4.79 Å². The molecule has 1 aliphatic rings. The van der Waals surface area contributed by atoms with E-state index in [0.717, 1.165) is 21.2 Å². The second kappa shape index (κ2) is 10.6. The van der Waals surface area contributed by atoms with Crippen molar-refractivity contribution >= 4 is 52.0 Å². The van der Waals surface area contributed by atoms with Crippen LogP contribution in [-0.2, 0) is 11.2 Å². The number of hydrogen-bond acceptors (Lipinski definition) is 6. The van der Waals surface area contributed by atoms with Gasteiger partial charge in [-0.05, 0) is 77.4 Å². The van der Waals surface area contributed by atoms with Crippen molar-refractivity contribution in [3.8, 4) is 17.6 Å². The van der Waals surface area contributed by atoms with Crippen molar-refractivity contribution in [1.29, 1.82) is 5.26 Å². The SMILES string of the molecule is CCOc1cc(/C=C2\S[C@@H](Nc3ccc(CC)cc3)NC2=O)cc(I)c1OCC#N. The van der Waals surface area contributed by atoms with Gasteiger partial charge in [0.05, 0.1) is 15.1 Å². The van der Waals surface area contributed by atoms with Gasteiger partial charge in [-0.1, -0.05) is 30.8 Å². The molecule has 2 aromatic carbocycles. The first kappa shape index (κ1) is 22.3. The number of nitrogens with one attached hydrogen (secondary N) is 2. The first-order valence-corrected chi connectivity index (χ1v) is 11.5. The molecule has 0 saturated carbocycles. The number of amides is 1. The van der Waals surface area contributed by atoms with Gasteiger partial charge < -0.3 is 20.1 Å². The standard InChI is InChI=1S/C22H22IN3O3S/c1-3-14-5-7-16(8-6-14)25-22-26-21(27)19(30-22)13-15-11-17(23)20(29-10-9-24)18(12-15)28-4-2/h5-8,11-13,22,25H,3-4,10H2,1-2H3,(H,26,27)/b19-13-/t22-/m0/s1. The van der Waals surface area contributed by atoms with Gasteiger partial charge in [-0.2, -0.15) is 5.26 Å². The molecule has 1 saturated heterocycles. The maximum absolute atomic E-state index is 12.4. The van der Waals surface area contributed by atoms with Gasteiger partial charge in [0.1, 0.15) is 6.07 Å². The molecule has 6 nitrogen and oxygen atoms in total. The molecule has 1 heterocycles. The van der Waals surface area contributed by atoms with E-state index in [2.05, 4.69) is 52.3 Å². The fraction of sp³-hybridized carbons (Fsp3) is 0.273. The van der Waals surface area contributed by atoms with E-state index < -0.39 is 0 Å². The number of carbonyl (C=O) groups excluding carboxylic acids is 1. The summed E-state index contributed by atoms with van der Waals surface area (Å²) in [5, 5.41) is 15.1. The predicted octanol–water partition coefficient (Wildman–Crippen LogP) is 4.75. The number of aryl methyl sites for hydroxylation is 1. The first-order chi connectivity index (χ1) is 14.5. The molecule has 0 unspecified atom stereocenters. The lowest BCUT2D eigenvalue weighted by Crippen LogP contribution is -2.30. The summed E-state index contributed by atoms with van der Waals surface area (Å²) >= 11 is 3.58. The molecule has 0 spiro atoms. The Morgan fingerprint density at radius 2 is 2.03 bits per heavy atom. The zero-order valence-corrected chi connectivity index (χ0v) is 19.7. The Morgan fingerprint density at radius 3 is 2.70 bits per heavy atom. The van der Waals surface area contributed by atoms with Gasteiger partial charge in [-0.25, -0.2) is 0 Å². The summed E-state index contributed by atoms with van der Waals surface area (Å²) in [6.45, 7) is 4.42. The third-order valence-corrected chi connectivity index (χ3v) is 6.13. The Labute approximate surface area is 194 Å². The second-order valence-corrected chi connectivity index (χ2v) is 8.69. The number of rotatable bonds is 8. The van der Waals surface area contributed by atoms with Crippen LogP contribution in [-0.4, -0.2) is 24.6 Å². The van der Waals surface area contributed by atoms with Crippen molar-refractivity contribution in [3.63, 3.8) is 0 Å². The number of hydrogen-bond donors (Lipinski definition) is 2. The smallest absolute Gasteiger partial charge is 0.260 e. The van der Waals surface area contributed by atoms with Gasteiger partial charge in [0.15, 0.2) is 23.6 Å². The molecule has 0 radical (unpaired) electrons. The van der Waals surface area contributed by atoms with E-state index in [4.69, 9.17) is 14.7 Å². The molecule has 8 heteroatoms. The highest BCUT2D eigenvalue weighted by Crippen LogP contribution is 2.36. The van der Waals surface area contributed by atoms with Gasteiger partial charge in [0, 0.05) is 5.69 Å². The Bertz CT molecular complexity index is 986. The van der Waals surface area contributed by atoms with E-state index in [1.807, 2.05) is 43.3 Å². The lowest BCUT2D eigenvalue weighted by atomic mass is 10.1. The average molecular weight is 535 g/mol. The number of benzene rings is 2. The molecular formula is C22H22IN3O3S. The Kier molecular flexibility index (Phi) is 7.87. The molecule has 0 bridgehead atoms. The summed E-state index contributed by atoms with van der Waals surface area (Å²) in [7, 11) is 0. The summed E-state index contributed by atoms with van der Waals surface area (Å²) < 4.78 is 12.0. The summed E-state index contributed by atoms with van der Waals surface area (Å²) in [4.78, 5) is 13.1. The minimum absolute atomic E-state index is 0.0542. The van der Waals surface area contributed by atoms with Crippen LogP contribution in [0.1, 0.15) is 25.0 Å². The number of thioether (sulfide) groups is 1. The topological polar surface area (TPSA) is 83.4 Å². The molecule has 2 N–H and O–H groups in total. The van der Waals surface area contributed by atoms with Gasteiger partial charge in [0.2, 0.25) is 0 Å². The summed E-state index contributed by atoms with van der Waals surface area (Å²) in [5.74, 6) is 0.973. The van der Waals surface area contributed by atoms with Crippen LogP contribution < -0.4 is 20.1 Å². The van der Waals surface area contributed by atoms with Crippen LogP contribution in [0, 0.1) is 14.9 Å². The third kappa shape index (κ3) is 5.61. The van der Waals surface area contributed by atoms with Crippen LogP contribution in [0.15, 0.2) is 41.3 Å². The van der Waals surface area contributed by atoms with Gasteiger partial charge in [0.25, 0.3) is 5.91 Å². The molecule has 30 heavy (non-hydrogen) atoms. The molecule has 0 aliphatic carbocycles. The van der Waals surface area contributed by atoms with Crippen molar-refractivity contribution in [3.05, 3.63) is 56.0 Å². The highest BCUT2D eigenvalue weighted by molar-refractivity contribution is 14.1. The minimum atomic E-state index is -0.236. The Morgan fingerprint density at radius 1 is 1.27 bits per heavy atom. The van der Waals surface area contributed by atoms with Crippen LogP contribution in [0.25, 0.3) is 6.08 Å². The zero-order chi connectivity index (χ0) is 21.5. The number of carbonyl (C=O) groups is 1. The summed E-state index contributed by atoms with van der Waals surface area (Å²) in [6.07, 6.45) is 2.82. The number of nitrogens with zero attached hydrogens (tertiary/aromatic N) is 1. The molecule has 2 aromatic rings. The monoisotopic (exact) mass is 535 g/mol. The molecule has 1 aliphatic heterocycles. The molecule has 0 aromatic heterocycles. The number of ether oxygens (including phenoxy) is 2. The molecular weight excluding hydrogens is 513 g/mol. The van der Waals surface area contributed by atoms with Crippen LogP contribution in [0.3, 0.4) is 0 Å². The molecule has 1 atom stereocenters. The van der Waals surface area contributed by atoms with Crippen LogP contribution in [0.5, 0.6) is 11.5 Å². The molecule has 156 valence electrons. The van der Waals surface area contributed by atoms with Crippen molar-refractivity contribution < 1.29 is 14.3 Å². The van der Waals surface area contributed by atoms with Crippen molar-refractivity contribution in [2.75, 3.05) is 18.5 Å². The van der Waals surface area contributed by atoms with E-state index in [9.17, 15) is 4.79 Å². The lowest BCUT2D eigenvalue weighted by molar-refractivity contribution is -0.116. The van der Waals surface area contributed by atoms with Crippen molar-refractivity contribution in [2.24, 2.45) is 0 Å². The molecule has 1 fully saturated rings. The number of halogens is 1. The maximum atomic E-state index is 12.4. The largest absolute Gasteiger partial charge is 0.490 e. The first-order valence-electron chi connectivity index (χ1n) is 9.54. The van der Waals surface area contributed by atoms with Crippen LogP contribution >= 0.6 is 34.4 Å². The Balaban J connectivity index is 1.77. The fourth-order valence-corrected chi connectivity index (χ4v) is 4.65. The van der Waals surface area contributed by atoms with E-state index >= 15 is 0 Å². The third-order valence-electron chi connectivity index (χ3n) is 4.30. The van der Waals surface area contributed by atoms with Crippen LogP contribution in [0.4, 0.5) is 5.69 Å². The summed E-state index contributed by atoms with van der Waals surface area (Å²) in [5.41, 5.74) is 2.82. The highest BCUT2D eigenvalue weighted by atomic mass is 127. The molecule has 3 rings (SSSR count). The quantitative estimate of drug-likeness (QED) is 0.375. The lowest BCUT2D eigenvalue weighted by Gasteiger charge is -2.13. The van der Waals surface area contributed by atoms with E-state index in [1.165, 1.54) is 17.3 Å². The van der Waals surface area contributed by atoms with Gasteiger partial charge in [-0.15, -0.1) is 0 Å². The maximum Gasteiger partial charge on any atom is 0.260 e. The van der Waals surface area contributed by atoms with Crippen molar-refractivity contribution in [1.82, 2.24) is 5.32 Å². The number of nitriles is 1. The fourth-order valence-electron chi connectivity index (χ4n) is 2.88. The van der Waals surface area contributed by atoms with Crippen LogP contribution in [0.2, 0.25) is 0 Å². The van der Waals surface area contributed by atoms with Crippen molar-refractivity contribution in [2.45, 2.75) is 25.8 Å². The zero-order valence-electron chi connectivity index (χ0n) is 16.7. The minimum Gasteiger partial charge on any atom is -0.490 e. The van der Waals surface area contributed by atoms with Gasteiger partial charge >= 0.3 is 0 Å². The second-order valence-electron chi connectivity index (χ2n) is 6.38. The normalized spacial score (nSPS) is 16.8. The predicted molar refractivity (Wildman–Crippen MR) is 128 cm³/mol. The van der Waals surface area contributed by atoms with E-state index in [-0.39, 0.29) is 18.0 Å².